The average molecular weight is 959 g/mol. The summed E-state index contributed by atoms with van der Waals surface area (Å²) in [6, 6.07) is 20.3. The van der Waals surface area contributed by atoms with E-state index in [-0.39, 0.29) is 22.4 Å². The summed E-state index contributed by atoms with van der Waals surface area (Å²) in [5, 5.41) is 16.7. The van der Waals surface area contributed by atoms with E-state index in [9.17, 15) is 27.5 Å². The molecule has 2 fully saturated rings. The predicted molar refractivity (Wildman–Crippen MR) is 261 cm³/mol. The highest BCUT2D eigenvalue weighted by Gasteiger charge is 2.31. The van der Waals surface area contributed by atoms with E-state index in [2.05, 4.69) is 65.0 Å². The van der Waals surface area contributed by atoms with Crippen molar-refractivity contribution in [2.24, 2.45) is 9.78 Å². The highest BCUT2D eigenvalue weighted by Crippen LogP contribution is 2.43. The number of allylic oxidation sites excluding steroid dienone is 1. The lowest BCUT2D eigenvalue weighted by molar-refractivity contribution is -0.384. The minimum atomic E-state index is -4.60. The van der Waals surface area contributed by atoms with Crippen LogP contribution in [0, 0.1) is 15.5 Å². The third-order valence-corrected chi connectivity index (χ3v) is 16.6. The van der Waals surface area contributed by atoms with Crippen LogP contribution in [-0.2, 0) is 19.8 Å². The third kappa shape index (κ3) is 11.2. The normalized spacial score (nSPS) is 18.0. The molecule has 2 aliphatic heterocycles. The van der Waals surface area contributed by atoms with E-state index < -0.39 is 41.2 Å². The topological polar surface area (TPSA) is 195 Å². The molecule has 0 unspecified atom stereocenters. The van der Waals surface area contributed by atoms with Crippen molar-refractivity contribution < 1.29 is 27.1 Å². The van der Waals surface area contributed by atoms with E-state index in [0.29, 0.717) is 68.7 Å². The molecular formula is C47H56ClN9O7S2. The summed E-state index contributed by atoms with van der Waals surface area (Å²) in [4.78, 5) is 39.3. The Morgan fingerprint density at radius 2 is 1.76 bits per heavy atom. The Balaban J connectivity index is 0.971. The quantitative estimate of drug-likeness (QED) is 0.0676. The number of benzene rings is 3. The molecule has 5 aromatic rings. The van der Waals surface area contributed by atoms with Gasteiger partial charge < -0.3 is 19.9 Å². The first kappa shape index (κ1) is 47.0. The largest absolute Gasteiger partial charge is 0.455 e. The van der Waals surface area contributed by atoms with Gasteiger partial charge >= 0.3 is 0 Å². The zero-order valence-corrected chi connectivity index (χ0v) is 39.8. The average Bonchev–Trinajstić information content (AvgIpc) is 3.76. The van der Waals surface area contributed by atoms with E-state index in [4.69, 9.17) is 16.3 Å². The van der Waals surface area contributed by atoms with Crippen molar-refractivity contribution in [3.63, 3.8) is 0 Å². The van der Waals surface area contributed by atoms with Gasteiger partial charge in [0.05, 0.1) is 21.6 Å². The smallest absolute Gasteiger partial charge is 0.293 e. The van der Waals surface area contributed by atoms with E-state index in [1.165, 1.54) is 41.1 Å². The highest BCUT2D eigenvalue weighted by atomic mass is 35.5. The first-order valence-electron chi connectivity index (χ1n) is 22.3. The van der Waals surface area contributed by atoms with Crippen molar-refractivity contribution in [1.82, 2.24) is 24.5 Å². The molecule has 19 heteroatoms. The fraction of sp³-hybridized carbons (Fsp3) is 0.404. The van der Waals surface area contributed by atoms with Crippen molar-refractivity contribution in [3.8, 4) is 11.5 Å². The van der Waals surface area contributed by atoms with Crippen LogP contribution in [0.15, 0.2) is 100 Å². The number of nitrogens with one attached hydrogen (secondary N) is 3. The van der Waals surface area contributed by atoms with Crippen molar-refractivity contribution >= 4 is 70.9 Å². The summed E-state index contributed by atoms with van der Waals surface area (Å²) in [6.07, 6.45) is 6.45. The Bertz CT molecular complexity index is 2870. The Labute approximate surface area is 391 Å². The molecule has 0 radical (unpaired) electrons. The van der Waals surface area contributed by atoms with E-state index in [1.54, 1.807) is 24.4 Å². The number of ether oxygens (including phenoxy) is 1. The maximum absolute atomic E-state index is 14.0. The number of aromatic nitrogens is 2. The second-order valence-corrected chi connectivity index (χ2v) is 22.6. The molecule has 3 aliphatic rings. The number of carbonyl (C=O) groups is 1. The van der Waals surface area contributed by atoms with Crippen LogP contribution >= 0.6 is 11.6 Å². The predicted octanol–water partition coefficient (Wildman–Crippen LogP) is 8.04. The third-order valence-electron chi connectivity index (χ3n) is 12.6. The summed E-state index contributed by atoms with van der Waals surface area (Å²) in [5.74, 6) is 0.427. The number of aromatic amines is 1. The van der Waals surface area contributed by atoms with Gasteiger partial charge in [0.2, 0.25) is 0 Å². The van der Waals surface area contributed by atoms with Gasteiger partial charge in [-0.15, -0.1) is 0 Å². The second kappa shape index (κ2) is 19.7. The number of halogens is 1. The van der Waals surface area contributed by atoms with Gasteiger partial charge in [-0.2, -0.15) is 0 Å². The molecule has 0 spiro atoms. The summed E-state index contributed by atoms with van der Waals surface area (Å²) in [7, 11) is -6.79. The lowest BCUT2D eigenvalue weighted by atomic mass is 9.72. The number of hydrogen-bond acceptors (Lipinski definition) is 13. The molecule has 0 atom stereocenters. The van der Waals surface area contributed by atoms with Gasteiger partial charge in [-0.3, -0.25) is 24.7 Å². The Hall–Kier alpha value is -5.53. The van der Waals surface area contributed by atoms with Gasteiger partial charge in [0.25, 0.3) is 21.6 Å². The molecule has 4 heterocycles. The number of nitrogens with zero attached hydrogens (tertiary/aromatic N) is 6. The van der Waals surface area contributed by atoms with Gasteiger partial charge in [0, 0.05) is 121 Å². The zero-order chi connectivity index (χ0) is 46.6. The molecule has 350 valence electrons. The van der Waals surface area contributed by atoms with Gasteiger partial charge in [-0.25, -0.2) is 26.7 Å². The van der Waals surface area contributed by atoms with E-state index in [1.807, 2.05) is 25.1 Å². The monoisotopic (exact) mass is 957 g/mol. The SMILES string of the molecule is CCN=S1(=O)CCN(CCNc2ccc(S(=O)(=O)NC(=O)c3ccc(N4CCN(CC5=C(c6ccc(Cl)cc6)CC(C)(C)CC5)CC4)cc3Oc3cnc4[nH]ccc4c3)cc2[N+](=O)[O-])CC1. The van der Waals surface area contributed by atoms with Crippen LogP contribution in [-0.4, -0.2) is 120 Å². The number of piperazine rings is 1. The first-order chi connectivity index (χ1) is 31.6. The minimum absolute atomic E-state index is 0.0540. The van der Waals surface area contributed by atoms with Crippen molar-refractivity contribution in [1.29, 1.82) is 0 Å². The number of pyridine rings is 1. The Morgan fingerprint density at radius 3 is 2.48 bits per heavy atom. The molecule has 1 amide bonds. The Morgan fingerprint density at radius 1 is 1.00 bits per heavy atom. The molecular weight excluding hydrogens is 902 g/mol. The van der Waals surface area contributed by atoms with Gasteiger partial charge in [0.1, 0.15) is 22.8 Å². The number of anilines is 2. The first-order valence-corrected chi connectivity index (χ1v) is 26.0. The molecule has 1 aliphatic carbocycles. The maximum Gasteiger partial charge on any atom is 0.293 e. The molecule has 8 rings (SSSR count). The molecule has 16 nitrogen and oxygen atoms in total. The number of nitro benzene ring substituents is 1. The number of H-pyrrole nitrogens is 1. The number of rotatable bonds is 15. The number of sulfonamides is 1. The van der Waals surface area contributed by atoms with Gasteiger partial charge in [-0.1, -0.05) is 43.2 Å². The molecule has 0 bridgehead atoms. The molecule has 0 saturated carbocycles. The summed E-state index contributed by atoms with van der Waals surface area (Å²) in [6.45, 7) is 13.0. The van der Waals surface area contributed by atoms with E-state index >= 15 is 0 Å². The van der Waals surface area contributed by atoms with Crippen LogP contribution in [0.2, 0.25) is 5.02 Å². The van der Waals surface area contributed by atoms with Gasteiger partial charge in [-0.05, 0) is 91.3 Å². The molecule has 66 heavy (non-hydrogen) atoms. The second-order valence-electron chi connectivity index (χ2n) is 17.8. The highest BCUT2D eigenvalue weighted by molar-refractivity contribution is 7.93. The van der Waals surface area contributed by atoms with Crippen LogP contribution in [0.5, 0.6) is 11.5 Å². The summed E-state index contributed by atoms with van der Waals surface area (Å²) < 4.78 is 53.0. The number of hydrogen-bond donors (Lipinski definition) is 3. The molecule has 3 N–H and O–H groups in total. The Kier molecular flexibility index (Phi) is 14.1. The number of amides is 1. The number of nitro groups is 1. The van der Waals surface area contributed by atoms with Crippen LogP contribution < -0.4 is 19.7 Å². The van der Waals surface area contributed by atoms with Gasteiger partial charge in [0.15, 0.2) is 0 Å². The van der Waals surface area contributed by atoms with E-state index in [0.717, 1.165) is 61.1 Å². The lowest BCUT2D eigenvalue weighted by Gasteiger charge is -2.39. The molecule has 2 saturated heterocycles. The summed E-state index contributed by atoms with van der Waals surface area (Å²) in [5.41, 5.74) is 5.37. The summed E-state index contributed by atoms with van der Waals surface area (Å²) >= 11 is 6.25. The van der Waals surface area contributed by atoms with Crippen molar-refractivity contribution in [2.75, 3.05) is 87.2 Å². The van der Waals surface area contributed by atoms with Crippen LogP contribution in [0.3, 0.4) is 0 Å². The fourth-order valence-corrected chi connectivity index (χ4v) is 12.0. The lowest BCUT2D eigenvalue weighted by Crippen LogP contribution is -2.47. The van der Waals surface area contributed by atoms with Crippen molar-refractivity contribution in [3.05, 3.63) is 117 Å². The van der Waals surface area contributed by atoms with Crippen molar-refractivity contribution in [2.45, 2.75) is 44.9 Å². The van der Waals surface area contributed by atoms with Crippen LogP contribution in [0.1, 0.15) is 56.0 Å². The molecule has 2 aromatic heterocycles. The standard InChI is InChI=1S/C47H56ClN9O7S2/c1-4-52-65(61)25-23-54(24-26-65)18-17-49-42-12-10-39(29-43(42)57(59)60)66(62,63)53-46(58)40-11-9-37(28-44(40)64-38-27-34-14-16-50-45(34)51-31-38)56-21-19-55(20-22-56)32-35-13-15-47(2,3)30-41(35)33-5-7-36(48)8-6-33/h5-12,14,16,27-29,31,49H,4,13,15,17-26,30,32H2,1-3H3,(H,50,51)(H,53,58). The fourth-order valence-electron chi connectivity index (χ4n) is 8.89. The number of carbonyl (C=O) groups excluding carboxylic acids is 1. The van der Waals surface area contributed by atoms with Crippen LogP contribution in [0.25, 0.3) is 16.6 Å². The van der Waals surface area contributed by atoms with Crippen LogP contribution in [0.4, 0.5) is 17.1 Å². The molecule has 3 aromatic carbocycles. The maximum atomic E-state index is 14.0. The number of fused-ring (bicyclic) bond motifs is 1. The zero-order valence-electron chi connectivity index (χ0n) is 37.4. The minimum Gasteiger partial charge on any atom is -0.455 e.